The van der Waals surface area contributed by atoms with Crippen molar-refractivity contribution in [3.63, 3.8) is 0 Å². The summed E-state index contributed by atoms with van der Waals surface area (Å²) in [5.74, 6) is -0.0467. The molecule has 0 aliphatic rings. The largest absolute Gasteiger partial charge is 0.385 e. The summed E-state index contributed by atoms with van der Waals surface area (Å²) in [5.41, 5.74) is 1.34. The molecule has 1 aromatic heterocycles. The number of rotatable bonds is 7. The third kappa shape index (κ3) is 3.69. The molecule has 0 aliphatic heterocycles. The van der Waals surface area contributed by atoms with Gasteiger partial charge < -0.3 is 10.6 Å². The van der Waals surface area contributed by atoms with Crippen LogP contribution in [0.4, 0.5) is 5.69 Å². The summed E-state index contributed by atoms with van der Waals surface area (Å²) in [6.07, 6.45) is 6.12. The fourth-order valence-corrected chi connectivity index (χ4v) is 2.24. The van der Waals surface area contributed by atoms with Crippen molar-refractivity contribution in [2.45, 2.75) is 52.5 Å². The first-order valence-electron chi connectivity index (χ1n) is 7.12. The highest BCUT2D eigenvalue weighted by atomic mass is 16.1. The van der Waals surface area contributed by atoms with Crippen LogP contribution in [0.3, 0.4) is 0 Å². The fourth-order valence-electron chi connectivity index (χ4n) is 2.24. The van der Waals surface area contributed by atoms with Crippen molar-refractivity contribution in [2.24, 2.45) is 0 Å². The lowest BCUT2D eigenvalue weighted by molar-refractivity contribution is 0.0888. The Kier molecular flexibility index (Phi) is 5.80. The van der Waals surface area contributed by atoms with Crippen molar-refractivity contribution in [1.82, 2.24) is 10.3 Å². The minimum atomic E-state index is -0.115. The average Bonchev–Trinajstić information content (AvgIpc) is 2.46. The van der Waals surface area contributed by atoms with Crippen LogP contribution in [0.25, 0.3) is 0 Å². The summed E-state index contributed by atoms with van der Waals surface area (Å²) < 4.78 is 0. The Bertz CT molecular complexity index is 405. The molecule has 0 saturated carbocycles. The van der Waals surface area contributed by atoms with E-state index in [1.165, 1.54) is 0 Å². The van der Waals surface area contributed by atoms with E-state index in [2.05, 4.69) is 36.4 Å². The van der Waals surface area contributed by atoms with Crippen LogP contribution in [0.15, 0.2) is 18.5 Å². The molecule has 0 saturated heterocycles. The van der Waals surface area contributed by atoms with Gasteiger partial charge in [-0.3, -0.25) is 9.78 Å². The van der Waals surface area contributed by atoms with Gasteiger partial charge in [0.2, 0.25) is 0 Å². The van der Waals surface area contributed by atoms with Gasteiger partial charge in [0.15, 0.2) is 0 Å². The molecule has 1 aromatic rings. The molecule has 2 N–H and O–H groups in total. The summed E-state index contributed by atoms with van der Waals surface area (Å²) in [6.45, 7) is 9.13. The van der Waals surface area contributed by atoms with Gasteiger partial charge in [0.05, 0.1) is 11.3 Å². The molecule has 0 aliphatic carbocycles. The molecule has 1 rings (SSSR count). The van der Waals surface area contributed by atoms with Crippen LogP contribution in [0, 0.1) is 0 Å². The predicted octanol–water partition coefficient (Wildman–Crippen LogP) is 3.21. The van der Waals surface area contributed by atoms with Gasteiger partial charge in [0.25, 0.3) is 5.91 Å². The van der Waals surface area contributed by atoms with Crippen LogP contribution >= 0.6 is 0 Å². The molecular formula is C15H25N3O. The van der Waals surface area contributed by atoms with Crippen molar-refractivity contribution >= 4 is 11.6 Å². The standard InChI is InChI=1S/C15H25N3O/c1-5-15(6-2,7-3)18-14(19)12-11-16-10-9-13(12)17-8-4/h9-11H,5-8H2,1-4H3,(H,16,17)(H,18,19). The van der Waals surface area contributed by atoms with Gasteiger partial charge in [-0.05, 0) is 32.3 Å². The Morgan fingerprint density at radius 3 is 2.37 bits per heavy atom. The lowest BCUT2D eigenvalue weighted by Gasteiger charge is -2.32. The molecule has 1 amide bonds. The highest BCUT2D eigenvalue weighted by Gasteiger charge is 2.27. The van der Waals surface area contributed by atoms with E-state index < -0.39 is 0 Å². The van der Waals surface area contributed by atoms with E-state index in [4.69, 9.17) is 0 Å². The molecule has 4 nitrogen and oxygen atoms in total. The molecule has 0 unspecified atom stereocenters. The molecule has 0 spiro atoms. The van der Waals surface area contributed by atoms with Gasteiger partial charge in [0, 0.05) is 24.5 Å². The normalized spacial score (nSPS) is 11.2. The second kappa shape index (κ2) is 7.12. The summed E-state index contributed by atoms with van der Waals surface area (Å²) in [4.78, 5) is 16.5. The molecule has 0 aromatic carbocycles. The van der Waals surface area contributed by atoms with Crippen molar-refractivity contribution in [3.05, 3.63) is 24.0 Å². The number of pyridine rings is 1. The zero-order valence-corrected chi connectivity index (χ0v) is 12.4. The van der Waals surface area contributed by atoms with Gasteiger partial charge in [-0.2, -0.15) is 0 Å². The third-order valence-electron chi connectivity index (χ3n) is 3.84. The first-order valence-corrected chi connectivity index (χ1v) is 7.12. The Balaban J connectivity index is 2.94. The number of anilines is 1. The number of nitrogens with one attached hydrogen (secondary N) is 2. The molecule has 4 heteroatoms. The fraction of sp³-hybridized carbons (Fsp3) is 0.600. The zero-order valence-electron chi connectivity index (χ0n) is 12.4. The van der Waals surface area contributed by atoms with E-state index in [0.717, 1.165) is 31.5 Å². The number of nitrogens with zero attached hydrogens (tertiary/aromatic N) is 1. The number of carbonyl (C=O) groups excluding carboxylic acids is 1. The summed E-state index contributed by atoms with van der Waals surface area (Å²) in [7, 11) is 0. The minimum absolute atomic E-state index is 0.0467. The Hall–Kier alpha value is -1.58. The molecule has 0 atom stereocenters. The summed E-state index contributed by atoms with van der Waals surface area (Å²) in [6, 6.07) is 1.84. The van der Waals surface area contributed by atoms with Crippen LogP contribution < -0.4 is 10.6 Å². The molecule has 0 fully saturated rings. The van der Waals surface area contributed by atoms with E-state index in [0.29, 0.717) is 5.56 Å². The summed E-state index contributed by atoms with van der Waals surface area (Å²) >= 11 is 0. The minimum Gasteiger partial charge on any atom is -0.385 e. The van der Waals surface area contributed by atoms with Crippen LogP contribution in [-0.4, -0.2) is 23.0 Å². The Labute approximate surface area is 116 Å². The number of amides is 1. The topological polar surface area (TPSA) is 54.0 Å². The molecule has 0 bridgehead atoms. The highest BCUT2D eigenvalue weighted by molar-refractivity contribution is 5.99. The number of hydrogen-bond donors (Lipinski definition) is 2. The maximum atomic E-state index is 12.4. The lowest BCUT2D eigenvalue weighted by atomic mass is 9.89. The highest BCUT2D eigenvalue weighted by Crippen LogP contribution is 2.21. The van der Waals surface area contributed by atoms with E-state index in [9.17, 15) is 4.79 Å². The predicted molar refractivity (Wildman–Crippen MR) is 79.5 cm³/mol. The summed E-state index contributed by atoms with van der Waals surface area (Å²) in [5, 5.41) is 6.37. The smallest absolute Gasteiger partial charge is 0.255 e. The van der Waals surface area contributed by atoms with Crippen LogP contribution in [-0.2, 0) is 0 Å². The van der Waals surface area contributed by atoms with Crippen LogP contribution in [0.2, 0.25) is 0 Å². The molecule has 106 valence electrons. The zero-order chi connectivity index (χ0) is 14.3. The quantitative estimate of drug-likeness (QED) is 0.794. The van der Waals surface area contributed by atoms with Crippen LogP contribution in [0.5, 0.6) is 0 Å². The van der Waals surface area contributed by atoms with Gasteiger partial charge in [0.1, 0.15) is 0 Å². The number of aromatic nitrogens is 1. The third-order valence-corrected chi connectivity index (χ3v) is 3.84. The van der Waals surface area contributed by atoms with E-state index in [-0.39, 0.29) is 11.4 Å². The van der Waals surface area contributed by atoms with Crippen molar-refractivity contribution in [2.75, 3.05) is 11.9 Å². The molecular weight excluding hydrogens is 238 g/mol. The van der Waals surface area contributed by atoms with Gasteiger partial charge in [-0.15, -0.1) is 0 Å². The molecule has 1 heterocycles. The first-order chi connectivity index (χ1) is 9.12. The van der Waals surface area contributed by atoms with Crippen molar-refractivity contribution < 1.29 is 4.79 Å². The average molecular weight is 263 g/mol. The lowest BCUT2D eigenvalue weighted by Crippen LogP contribution is -2.47. The Morgan fingerprint density at radius 2 is 1.84 bits per heavy atom. The van der Waals surface area contributed by atoms with E-state index >= 15 is 0 Å². The molecule has 19 heavy (non-hydrogen) atoms. The number of carbonyl (C=O) groups is 1. The Morgan fingerprint density at radius 1 is 1.21 bits per heavy atom. The SMILES string of the molecule is CCNc1ccncc1C(=O)NC(CC)(CC)CC. The first kappa shape index (κ1) is 15.5. The maximum Gasteiger partial charge on any atom is 0.255 e. The van der Waals surface area contributed by atoms with Crippen molar-refractivity contribution in [3.8, 4) is 0 Å². The van der Waals surface area contributed by atoms with Crippen LogP contribution in [0.1, 0.15) is 57.3 Å². The maximum absolute atomic E-state index is 12.4. The number of hydrogen-bond acceptors (Lipinski definition) is 3. The van der Waals surface area contributed by atoms with Crippen molar-refractivity contribution in [1.29, 1.82) is 0 Å². The van der Waals surface area contributed by atoms with Gasteiger partial charge in [-0.25, -0.2) is 0 Å². The van der Waals surface area contributed by atoms with Gasteiger partial charge in [-0.1, -0.05) is 20.8 Å². The second-order valence-corrected chi connectivity index (χ2v) is 4.75. The second-order valence-electron chi connectivity index (χ2n) is 4.75. The molecule has 0 radical (unpaired) electrons. The monoisotopic (exact) mass is 263 g/mol. The van der Waals surface area contributed by atoms with E-state index in [1.807, 2.05) is 13.0 Å². The van der Waals surface area contributed by atoms with E-state index in [1.54, 1.807) is 12.4 Å². The van der Waals surface area contributed by atoms with Gasteiger partial charge >= 0.3 is 0 Å².